The molecular formula is C12H5ClF3N3O2. The second-order valence-electron chi connectivity index (χ2n) is 3.95. The maximum Gasteiger partial charge on any atom is 0.416 e. The van der Waals surface area contributed by atoms with Gasteiger partial charge in [0.2, 0.25) is 0 Å². The van der Waals surface area contributed by atoms with Crippen LogP contribution >= 0.6 is 11.6 Å². The van der Waals surface area contributed by atoms with Crippen LogP contribution < -0.4 is 11.2 Å². The van der Waals surface area contributed by atoms with E-state index >= 15 is 0 Å². The van der Waals surface area contributed by atoms with Gasteiger partial charge in [-0.1, -0.05) is 11.6 Å². The van der Waals surface area contributed by atoms with Gasteiger partial charge in [-0.15, -0.1) is 0 Å². The molecule has 1 heterocycles. The number of aromatic amines is 1. The second kappa shape index (κ2) is 5.10. The molecule has 0 aliphatic heterocycles. The zero-order chi connectivity index (χ0) is 15.8. The van der Waals surface area contributed by atoms with Gasteiger partial charge < -0.3 is 0 Å². The van der Waals surface area contributed by atoms with E-state index in [1.807, 2.05) is 4.98 Å². The van der Waals surface area contributed by atoms with Gasteiger partial charge in [0, 0.05) is 6.20 Å². The Morgan fingerprint density at radius 1 is 1.29 bits per heavy atom. The van der Waals surface area contributed by atoms with Crippen molar-refractivity contribution in [2.75, 3.05) is 0 Å². The molecule has 0 spiro atoms. The van der Waals surface area contributed by atoms with Crippen LogP contribution in [0.2, 0.25) is 5.02 Å². The molecule has 9 heteroatoms. The van der Waals surface area contributed by atoms with Gasteiger partial charge in [0.25, 0.3) is 5.56 Å². The highest BCUT2D eigenvalue weighted by molar-refractivity contribution is 6.32. The Labute approximate surface area is 119 Å². The van der Waals surface area contributed by atoms with Crippen LogP contribution in [0.4, 0.5) is 13.2 Å². The molecule has 0 aliphatic rings. The van der Waals surface area contributed by atoms with Crippen LogP contribution in [-0.4, -0.2) is 9.55 Å². The molecule has 1 aromatic carbocycles. The van der Waals surface area contributed by atoms with E-state index in [1.165, 1.54) is 6.07 Å². The first-order valence-electron chi connectivity index (χ1n) is 5.37. The van der Waals surface area contributed by atoms with Gasteiger partial charge in [0.15, 0.2) is 0 Å². The molecule has 5 nitrogen and oxygen atoms in total. The Hall–Kier alpha value is -2.53. The summed E-state index contributed by atoms with van der Waals surface area (Å²) in [6.45, 7) is 0. The van der Waals surface area contributed by atoms with Gasteiger partial charge in [-0.25, -0.2) is 4.79 Å². The number of H-pyrrole nitrogens is 1. The van der Waals surface area contributed by atoms with Crippen molar-refractivity contribution in [3.63, 3.8) is 0 Å². The Kier molecular flexibility index (Phi) is 3.61. The summed E-state index contributed by atoms with van der Waals surface area (Å²) in [5, 5.41) is 8.60. The van der Waals surface area contributed by atoms with Crippen molar-refractivity contribution in [3.8, 4) is 11.8 Å². The third-order valence-electron chi connectivity index (χ3n) is 2.60. The molecule has 21 heavy (non-hydrogen) atoms. The number of nitrogens with zero attached hydrogens (tertiary/aromatic N) is 2. The smallest absolute Gasteiger partial charge is 0.273 e. The molecule has 2 aromatic rings. The summed E-state index contributed by atoms with van der Waals surface area (Å²) in [6.07, 6.45) is -3.79. The Morgan fingerprint density at radius 3 is 2.52 bits per heavy atom. The number of alkyl halides is 3. The number of nitrogens with one attached hydrogen (secondary N) is 1. The minimum atomic E-state index is -4.62. The third kappa shape index (κ3) is 2.83. The van der Waals surface area contributed by atoms with Crippen molar-refractivity contribution in [1.29, 1.82) is 5.26 Å². The first kappa shape index (κ1) is 14.9. The summed E-state index contributed by atoms with van der Waals surface area (Å²) in [5.41, 5.74) is -3.66. The quantitative estimate of drug-likeness (QED) is 0.875. The molecule has 1 N–H and O–H groups in total. The van der Waals surface area contributed by atoms with Gasteiger partial charge in [-0.2, -0.15) is 18.4 Å². The number of hydrogen-bond acceptors (Lipinski definition) is 3. The normalized spacial score (nSPS) is 11.2. The summed E-state index contributed by atoms with van der Waals surface area (Å²) in [7, 11) is 0. The Bertz CT molecular complexity index is 862. The number of hydrogen-bond donors (Lipinski definition) is 1. The van der Waals surface area contributed by atoms with Crippen LogP contribution in [0.25, 0.3) is 5.69 Å². The zero-order valence-corrected chi connectivity index (χ0v) is 10.8. The lowest BCUT2D eigenvalue weighted by atomic mass is 10.2. The van der Waals surface area contributed by atoms with Gasteiger partial charge in [-0.3, -0.25) is 14.3 Å². The number of halogens is 4. The summed E-state index contributed by atoms with van der Waals surface area (Å²) >= 11 is 5.79. The van der Waals surface area contributed by atoms with E-state index in [0.717, 1.165) is 18.3 Å². The molecule has 0 radical (unpaired) electrons. The van der Waals surface area contributed by atoms with Gasteiger partial charge in [0.05, 0.1) is 16.3 Å². The van der Waals surface area contributed by atoms with Crippen LogP contribution in [0, 0.1) is 11.3 Å². The first-order valence-corrected chi connectivity index (χ1v) is 5.75. The lowest BCUT2D eigenvalue weighted by Crippen LogP contribution is -2.30. The van der Waals surface area contributed by atoms with Gasteiger partial charge >= 0.3 is 11.9 Å². The van der Waals surface area contributed by atoms with Gasteiger partial charge in [-0.05, 0) is 18.2 Å². The molecule has 1 aromatic heterocycles. The molecule has 2 rings (SSSR count). The molecule has 0 amide bonds. The minimum absolute atomic E-state index is 0.138. The highest BCUT2D eigenvalue weighted by Gasteiger charge is 2.31. The second-order valence-corrected chi connectivity index (χ2v) is 4.36. The van der Waals surface area contributed by atoms with Crippen molar-refractivity contribution in [1.82, 2.24) is 9.55 Å². The van der Waals surface area contributed by atoms with Crippen LogP contribution in [0.5, 0.6) is 0 Å². The minimum Gasteiger partial charge on any atom is -0.273 e. The van der Waals surface area contributed by atoms with Crippen molar-refractivity contribution in [3.05, 3.63) is 61.4 Å². The fourth-order valence-electron chi connectivity index (χ4n) is 1.60. The highest BCUT2D eigenvalue weighted by atomic mass is 35.5. The molecule has 108 valence electrons. The third-order valence-corrected chi connectivity index (χ3v) is 2.92. The van der Waals surface area contributed by atoms with Crippen molar-refractivity contribution < 1.29 is 13.2 Å². The highest BCUT2D eigenvalue weighted by Crippen LogP contribution is 2.32. The molecule has 0 fully saturated rings. The van der Waals surface area contributed by atoms with Crippen LogP contribution in [0.3, 0.4) is 0 Å². The lowest BCUT2D eigenvalue weighted by molar-refractivity contribution is -0.137. The predicted molar refractivity (Wildman–Crippen MR) is 67.4 cm³/mol. The van der Waals surface area contributed by atoms with E-state index in [0.29, 0.717) is 10.6 Å². The van der Waals surface area contributed by atoms with Crippen LogP contribution in [0.15, 0.2) is 34.0 Å². The summed E-state index contributed by atoms with van der Waals surface area (Å²) < 4.78 is 38.7. The number of benzene rings is 1. The lowest BCUT2D eigenvalue weighted by Gasteiger charge is -2.12. The van der Waals surface area contributed by atoms with E-state index in [4.69, 9.17) is 16.9 Å². The van der Waals surface area contributed by atoms with Crippen LogP contribution in [-0.2, 0) is 6.18 Å². The average molecular weight is 316 g/mol. The standard InChI is InChI=1S/C12H5ClF3N3O2/c13-8-2-1-7(12(14,15)16)3-9(8)19-5-6(4-17)10(20)18-11(19)21/h1-3,5H,(H,18,20,21). The van der Waals surface area contributed by atoms with E-state index in [9.17, 15) is 22.8 Å². The van der Waals surface area contributed by atoms with Crippen LogP contribution in [0.1, 0.15) is 11.1 Å². The average Bonchev–Trinajstić information content (AvgIpc) is 2.39. The SMILES string of the molecule is N#Cc1cn(-c2cc(C(F)(F)F)ccc2Cl)c(=O)[nH]c1=O. The fraction of sp³-hybridized carbons (Fsp3) is 0.0833. The van der Waals surface area contributed by atoms with Crippen molar-refractivity contribution >= 4 is 11.6 Å². The maximum atomic E-state index is 12.7. The van der Waals surface area contributed by atoms with E-state index in [-0.39, 0.29) is 10.7 Å². The fourth-order valence-corrected chi connectivity index (χ4v) is 1.81. The first-order chi connectivity index (χ1) is 9.74. The van der Waals surface area contributed by atoms with E-state index in [2.05, 4.69) is 0 Å². The summed E-state index contributed by atoms with van der Waals surface area (Å²) in [6, 6.07) is 3.92. The maximum absolute atomic E-state index is 12.7. The van der Waals surface area contributed by atoms with E-state index < -0.39 is 28.6 Å². The molecule has 0 atom stereocenters. The van der Waals surface area contributed by atoms with Crippen molar-refractivity contribution in [2.24, 2.45) is 0 Å². The molecule has 0 aliphatic carbocycles. The Morgan fingerprint density at radius 2 is 1.95 bits per heavy atom. The number of rotatable bonds is 1. The number of nitriles is 1. The summed E-state index contributed by atoms with van der Waals surface area (Å²) in [4.78, 5) is 24.8. The van der Waals surface area contributed by atoms with E-state index in [1.54, 1.807) is 0 Å². The molecular weight excluding hydrogens is 311 g/mol. The topological polar surface area (TPSA) is 78.7 Å². The molecule has 0 saturated heterocycles. The Balaban J connectivity index is 2.76. The molecule has 0 unspecified atom stereocenters. The van der Waals surface area contributed by atoms with Gasteiger partial charge in [0.1, 0.15) is 11.6 Å². The zero-order valence-electron chi connectivity index (χ0n) is 10.0. The molecule has 0 saturated carbocycles. The monoisotopic (exact) mass is 315 g/mol. The predicted octanol–water partition coefficient (Wildman–Crippen LogP) is 2.07. The molecule has 0 bridgehead atoms. The number of aromatic nitrogens is 2. The summed E-state index contributed by atoms with van der Waals surface area (Å²) in [5.74, 6) is 0. The van der Waals surface area contributed by atoms with Crippen molar-refractivity contribution in [2.45, 2.75) is 6.18 Å². The largest absolute Gasteiger partial charge is 0.416 e.